The van der Waals surface area contributed by atoms with Crippen LogP contribution in [0.1, 0.15) is 65.5 Å². The lowest BCUT2D eigenvalue weighted by Crippen LogP contribution is -2.39. The molecule has 46 heavy (non-hydrogen) atoms. The number of amides is 1. The molecule has 1 aromatic heterocycles. The van der Waals surface area contributed by atoms with E-state index in [0.29, 0.717) is 22.8 Å². The average molecular weight is 649 g/mol. The second-order valence-corrected chi connectivity index (χ2v) is 12.3. The first-order chi connectivity index (χ1) is 21.3. The summed E-state index contributed by atoms with van der Waals surface area (Å²) in [7, 11) is 0. The molecule has 0 unspecified atom stereocenters. The van der Waals surface area contributed by atoms with Crippen LogP contribution in [0.25, 0.3) is 17.0 Å². The summed E-state index contributed by atoms with van der Waals surface area (Å²) in [6.07, 6.45) is -4.63. The van der Waals surface area contributed by atoms with Crippen LogP contribution < -0.4 is 9.47 Å². The summed E-state index contributed by atoms with van der Waals surface area (Å²) in [5.74, 6) is 1.42. The third-order valence-electron chi connectivity index (χ3n) is 5.80. The Balaban J connectivity index is 1.67. The zero-order valence-electron chi connectivity index (χ0n) is 27.1. The lowest BCUT2D eigenvalue weighted by molar-refractivity contribution is -0.153. The van der Waals surface area contributed by atoms with Gasteiger partial charge in [0.1, 0.15) is 40.8 Å². The molecule has 250 valence electrons. The summed E-state index contributed by atoms with van der Waals surface area (Å²) in [6.45, 7) is 12.3. The Labute approximate surface area is 266 Å². The Kier molecular flexibility index (Phi) is 11.4. The number of hydrogen-bond donors (Lipinski definition) is 0. The zero-order valence-corrected chi connectivity index (χ0v) is 27.1. The molecule has 2 aromatic carbocycles. The summed E-state index contributed by atoms with van der Waals surface area (Å²) < 4.78 is 64.2. The van der Waals surface area contributed by atoms with Crippen LogP contribution in [0, 0.1) is 6.92 Å². The number of alkyl halides is 3. The predicted molar refractivity (Wildman–Crippen MR) is 163 cm³/mol. The van der Waals surface area contributed by atoms with Gasteiger partial charge in [-0.05, 0) is 103 Å². The molecule has 10 nitrogen and oxygen atoms in total. The first-order valence-electron chi connectivity index (χ1n) is 14.4. The smallest absolute Gasteiger partial charge is 0.487 e. The second kappa shape index (κ2) is 14.6. The Morgan fingerprint density at radius 3 is 2.17 bits per heavy atom. The minimum atomic E-state index is -4.43. The van der Waals surface area contributed by atoms with Crippen molar-refractivity contribution in [3.8, 4) is 23.0 Å². The van der Waals surface area contributed by atoms with E-state index in [1.165, 1.54) is 12.1 Å². The molecule has 0 aliphatic carbocycles. The minimum absolute atomic E-state index is 0.0743. The van der Waals surface area contributed by atoms with Crippen molar-refractivity contribution in [2.45, 2.75) is 79.4 Å². The first-order valence-corrected chi connectivity index (χ1v) is 14.4. The molecule has 0 bridgehead atoms. The molecule has 0 spiro atoms. The number of nitrogens with zero attached hydrogens (tertiary/aromatic N) is 2. The summed E-state index contributed by atoms with van der Waals surface area (Å²) in [4.78, 5) is 34.7. The molecule has 13 heteroatoms. The van der Waals surface area contributed by atoms with Crippen molar-refractivity contribution in [3.63, 3.8) is 0 Å². The molecule has 1 heterocycles. The largest absolute Gasteiger partial charge is 0.534 e. The van der Waals surface area contributed by atoms with E-state index in [-0.39, 0.29) is 24.8 Å². The number of hydrogen-bond acceptors (Lipinski definition) is 9. The van der Waals surface area contributed by atoms with Gasteiger partial charge in [-0.15, -0.1) is 5.06 Å². The van der Waals surface area contributed by atoms with E-state index in [9.17, 15) is 22.8 Å². The average Bonchev–Trinajstić information content (AvgIpc) is 3.31. The van der Waals surface area contributed by atoms with Crippen molar-refractivity contribution in [2.75, 3.05) is 13.2 Å². The molecule has 3 rings (SSSR count). The second-order valence-electron chi connectivity index (χ2n) is 12.3. The number of halogens is 3. The van der Waals surface area contributed by atoms with Crippen molar-refractivity contribution < 1.29 is 51.0 Å². The fourth-order valence-corrected chi connectivity index (χ4v) is 3.69. The summed E-state index contributed by atoms with van der Waals surface area (Å²) in [5, 5.41) is 0.789. The Morgan fingerprint density at radius 2 is 1.57 bits per heavy atom. The van der Waals surface area contributed by atoms with Crippen LogP contribution in [-0.2, 0) is 20.9 Å². The molecular weight excluding hydrogens is 609 g/mol. The van der Waals surface area contributed by atoms with Gasteiger partial charge in [-0.25, -0.2) is 14.6 Å². The molecular formula is C33H39F3N2O8. The number of allylic oxidation sites excluding steroid dienone is 1. The third kappa shape index (κ3) is 12.0. The van der Waals surface area contributed by atoms with Crippen molar-refractivity contribution >= 4 is 17.8 Å². The van der Waals surface area contributed by atoms with Gasteiger partial charge in [-0.1, -0.05) is 18.2 Å². The Bertz CT molecular complexity index is 1520. The number of benzene rings is 2. The molecule has 0 radical (unpaired) electrons. The molecule has 0 N–H and O–H groups in total. The van der Waals surface area contributed by atoms with Gasteiger partial charge in [0.25, 0.3) is 0 Å². The van der Waals surface area contributed by atoms with Crippen LogP contribution in [-0.4, -0.2) is 52.8 Å². The monoisotopic (exact) mass is 648 g/mol. The highest BCUT2D eigenvalue weighted by Crippen LogP contribution is 2.27. The van der Waals surface area contributed by atoms with E-state index >= 15 is 0 Å². The number of hydroxylamine groups is 2. The maximum atomic E-state index is 12.7. The number of ether oxygens (including phenoxy) is 4. The Morgan fingerprint density at radius 1 is 0.913 bits per heavy atom. The van der Waals surface area contributed by atoms with E-state index in [0.717, 1.165) is 16.2 Å². The van der Waals surface area contributed by atoms with Gasteiger partial charge in [0, 0.05) is 5.56 Å². The molecule has 0 fully saturated rings. The van der Waals surface area contributed by atoms with Gasteiger partial charge < -0.3 is 23.4 Å². The number of aryl methyl sites for hydroxylation is 1. The first kappa shape index (κ1) is 35.8. The molecule has 3 aromatic rings. The summed E-state index contributed by atoms with van der Waals surface area (Å²) in [5.41, 5.74) is 1.00. The van der Waals surface area contributed by atoms with E-state index in [1.54, 1.807) is 84.9 Å². The highest BCUT2D eigenvalue weighted by Gasteiger charge is 2.29. The van der Waals surface area contributed by atoms with Gasteiger partial charge in [-0.3, -0.25) is 4.84 Å². The lowest BCUT2D eigenvalue weighted by Gasteiger charge is -2.26. The van der Waals surface area contributed by atoms with Crippen molar-refractivity contribution in [1.29, 1.82) is 0 Å². The van der Waals surface area contributed by atoms with Gasteiger partial charge >= 0.3 is 18.4 Å². The Hall–Kier alpha value is -4.68. The number of aromatic nitrogens is 1. The minimum Gasteiger partial charge on any atom is -0.487 e. The van der Waals surface area contributed by atoms with Crippen molar-refractivity contribution in [3.05, 3.63) is 71.6 Å². The van der Waals surface area contributed by atoms with Crippen LogP contribution in [0.15, 0.2) is 59.0 Å². The molecule has 0 saturated heterocycles. The topological polar surface area (TPSA) is 110 Å². The predicted octanol–water partition coefficient (Wildman–Crippen LogP) is 8.68. The molecule has 1 amide bonds. The van der Waals surface area contributed by atoms with E-state index in [1.807, 2.05) is 13.0 Å². The molecule has 0 aliphatic heterocycles. The van der Waals surface area contributed by atoms with Crippen LogP contribution in [0.3, 0.4) is 0 Å². The molecule has 0 aliphatic rings. The van der Waals surface area contributed by atoms with Gasteiger partial charge in [0.2, 0.25) is 5.89 Å². The number of carbonyl (C=O) groups excluding carboxylic acids is 2. The fourth-order valence-electron chi connectivity index (χ4n) is 3.69. The van der Waals surface area contributed by atoms with Gasteiger partial charge in [0.15, 0.2) is 6.61 Å². The normalized spacial score (nSPS) is 12.4. The molecule has 0 saturated carbocycles. The lowest BCUT2D eigenvalue weighted by atomic mass is 10.1. The summed E-state index contributed by atoms with van der Waals surface area (Å²) in [6, 6.07) is 13.2. The van der Waals surface area contributed by atoms with Crippen LogP contribution in [0.2, 0.25) is 0 Å². The van der Waals surface area contributed by atoms with Crippen LogP contribution >= 0.6 is 0 Å². The number of rotatable bonds is 9. The van der Waals surface area contributed by atoms with E-state index < -0.39 is 36.2 Å². The van der Waals surface area contributed by atoms with Gasteiger partial charge in [0.05, 0.1) is 6.54 Å². The number of carbonyl (C=O) groups is 2. The van der Waals surface area contributed by atoms with Crippen LogP contribution in [0.4, 0.5) is 22.8 Å². The van der Waals surface area contributed by atoms with Crippen molar-refractivity contribution in [1.82, 2.24) is 10.0 Å². The quantitative estimate of drug-likeness (QED) is 0.166. The van der Waals surface area contributed by atoms with E-state index in [2.05, 4.69) is 4.98 Å². The highest BCUT2D eigenvalue weighted by molar-refractivity contribution is 5.71. The number of oxazole rings is 1. The molecule has 0 atom stereocenters. The fraction of sp³-hybridized carbons (Fsp3) is 0.424. The maximum absolute atomic E-state index is 12.7. The SMILES string of the molecule is C/C(=C\CN(OC(=O)OC(C)(C)C)C(=O)OC(C)(C)C)c1cccc(OCc2nc(-c3ccc(OCC(F)(F)F)cc3)oc2C)c1. The highest BCUT2D eigenvalue weighted by atomic mass is 19.4. The van der Waals surface area contributed by atoms with Gasteiger partial charge in [-0.2, -0.15) is 13.2 Å². The standard InChI is InChI=1S/C33H39F3N2O8/c1-21(16-17-38(29(39)44-31(3,4)5)46-30(40)45-32(6,7)8)24-10-9-11-26(18-24)41-19-27-22(2)43-28(37-27)23-12-14-25(15-13-23)42-20-33(34,35)36/h9-16,18H,17,19-20H2,1-8H3/b21-16+. The maximum Gasteiger partial charge on any atom is 0.534 e. The summed E-state index contributed by atoms with van der Waals surface area (Å²) >= 11 is 0. The van der Waals surface area contributed by atoms with Crippen LogP contribution in [0.5, 0.6) is 11.5 Å². The van der Waals surface area contributed by atoms with Crippen molar-refractivity contribution in [2.24, 2.45) is 0 Å². The third-order valence-corrected chi connectivity index (χ3v) is 5.80. The zero-order chi connectivity index (χ0) is 34.3. The van der Waals surface area contributed by atoms with E-state index in [4.69, 9.17) is 28.2 Å².